The van der Waals surface area contributed by atoms with Gasteiger partial charge in [0, 0.05) is 30.5 Å². The molecule has 6 heteroatoms. The molecular formula is C13H18ClNO2S2. The van der Waals surface area contributed by atoms with Crippen molar-refractivity contribution in [2.24, 2.45) is 0 Å². The first kappa shape index (κ1) is 15.2. The molecule has 0 bridgehead atoms. The number of halogens is 1. The highest BCUT2D eigenvalue weighted by Gasteiger charge is 2.26. The third kappa shape index (κ3) is 3.27. The summed E-state index contributed by atoms with van der Waals surface area (Å²) in [7, 11) is -3.36. The van der Waals surface area contributed by atoms with Crippen molar-refractivity contribution in [3.63, 3.8) is 0 Å². The molecule has 1 aliphatic heterocycles. The van der Waals surface area contributed by atoms with Crippen LogP contribution in [0, 0.1) is 0 Å². The minimum atomic E-state index is -3.36. The van der Waals surface area contributed by atoms with Gasteiger partial charge >= 0.3 is 0 Å². The van der Waals surface area contributed by atoms with Gasteiger partial charge in [-0.15, -0.1) is 11.6 Å². The van der Waals surface area contributed by atoms with Crippen LogP contribution in [0.2, 0.25) is 0 Å². The molecule has 3 nitrogen and oxygen atoms in total. The summed E-state index contributed by atoms with van der Waals surface area (Å²) in [6.45, 7) is 3.24. The normalized spacial score (nSPS) is 17.6. The summed E-state index contributed by atoms with van der Waals surface area (Å²) in [5.74, 6) is 2.09. The molecule has 2 rings (SSSR count). The SMILES string of the molecule is CCc1ccc(S(=O)(=O)N2CCSCC2)cc1CCl. The summed E-state index contributed by atoms with van der Waals surface area (Å²) in [6, 6.07) is 5.30. The number of nitrogens with zero attached hydrogens (tertiary/aromatic N) is 1. The molecule has 0 spiro atoms. The Morgan fingerprint density at radius 2 is 1.95 bits per heavy atom. The molecule has 1 heterocycles. The van der Waals surface area contributed by atoms with Gasteiger partial charge in [-0.3, -0.25) is 0 Å². The zero-order chi connectivity index (χ0) is 13.9. The minimum absolute atomic E-state index is 0.350. The van der Waals surface area contributed by atoms with Crippen LogP contribution in [-0.2, 0) is 22.3 Å². The lowest BCUT2D eigenvalue weighted by Gasteiger charge is -2.26. The number of sulfonamides is 1. The van der Waals surface area contributed by atoms with E-state index < -0.39 is 10.0 Å². The summed E-state index contributed by atoms with van der Waals surface area (Å²) in [4.78, 5) is 0.368. The first-order valence-electron chi connectivity index (χ1n) is 6.35. The van der Waals surface area contributed by atoms with Crippen LogP contribution in [0.3, 0.4) is 0 Å². The van der Waals surface area contributed by atoms with E-state index in [1.54, 1.807) is 28.2 Å². The van der Waals surface area contributed by atoms with Crippen molar-refractivity contribution in [1.29, 1.82) is 0 Å². The van der Waals surface area contributed by atoms with E-state index in [1.165, 1.54) is 0 Å². The molecule has 0 unspecified atom stereocenters. The summed E-state index contributed by atoms with van der Waals surface area (Å²) in [6.07, 6.45) is 0.864. The highest BCUT2D eigenvalue weighted by atomic mass is 35.5. The standard InChI is InChI=1S/C13H18ClNO2S2/c1-2-11-3-4-13(9-12(11)10-14)19(16,17)15-5-7-18-8-6-15/h3-4,9H,2,5-8,10H2,1H3. The predicted molar refractivity (Wildman–Crippen MR) is 81.5 cm³/mol. The van der Waals surface area contributed by atoms with Gasteiger partial charge in [0.15, 0.2) is 0 Å². The maximum Gasteiger partial charge on any atom is 0.243 e. The Bertz CT molecular complexity index is 540. The Morgan fingerprint density at radius 3 is 2.53 bits per heavy atom. The number of aryl methyl sites for hydroxylation is 1. The van der Waals surface area contributed by atoms with Gasteiger partial charge < -0.3 is 0 Å². The van der Waals surface area contributed by atoms with Crippen LogP contribution in [-0.4, -0.2) is 37.3 Å². The maximum absolute atomic E-state index is 12.5. The van der Waals surface area contributed by atoms with Crippen LogP contribution >= 0.6 is 23.4 Å². The number of hydrogen-bond acceptors (Lipinski definition) is 3. The highest BCUT2D eigenvalue weighted by molar-refractivity contribution is 7.99. The summed E-state index contributed by atoms with van der Waals surface area (Å²) >= 11 is 7.70. The highest BCUT2D eigenvalue weighted by Crippen LogP contribution is 2.23. The number of rotatable bonds is 4. The zero-order valence-corrected chi connectivity index (χ0v) is 13.3. The third-order valence-electron chi connectivity index (χ3n) is 3.31. The molecule has 1 aromatic carbocycles. The molecule has 0 atom stereocenters. The van der Waals surface area contributed by atoms with Crippen LogP contribution in [0.25, 0.3) is 0 Å². The molecule has 106 valence electrons. The quantitative estimate of drug-likeness (QED) is 0.801. The Balaban J connectivity index is 2.34. The summed E-state index contributed by atoms with van der Waals surface area (Å²) in [5.41, 5.74) is 2.03. The largest absolute Gasteiger partial charge is 0.243 e. The van der Waals surface area contributed by atoms with E-state index in [-0.39, 0.29) is 0 Å². The van der Waals surface area contributed by atoms with Gasteiger partial charge in [-0.25, -0.2) is 8.42 Å². The molecule has 0 aliphatic carbocycles. The molecule has 19 heavy (non-hydrogen) atoms. The van der Waals surface area contributed by atoms with E-state index in [0.29, 0.717) is 23.9 Å². The van der Waals surface area contributed by atoms with Gasteiger partial charge in [0.25, 0.3) is 0 Å². The minimum Gasteiger partial charge on any atom is -0.207 e. The first-order valence-corrected chi connectivity index (χ1v) is 9.48. The second-order valence-electron chi connectivity index (χ2n) is 4.43. The average molecular weight is 320 g/mol. The van der Waals surface area contributed by atoms with Gasteiger partial charge in [-0.1, -0.05) is 13.0 Å². The Hall–Kier alpha value is -0.230. The van der Waals surface area contributed by atoms with Crippen LogP contribution in [0.1, 0.15) is 18.1 Å². The fourth-order valence-electron chi connectivity index (χ4n) is 2.17. The molecule has 0 N–H and O–H groups in total. The van der Waals surface area contributed by atoms with Crippen LogP contribution in [0.4, 0.5) is 0 Å². The fourth-order valence-corrected chi connectivity index (χ4v) is 5.04. The van der Waals surface area contributed by atoms with Crippen molar-refractivity contribution in [2.45, 2.75) is 24.1 Å². The molecule has 1 aromatic rings. The van der Waals surface area contributed by atoms with Gasteiger partial charge in [0.2, 0.25) is 10.0 Å². The van der Waals surface area contributed by atoms with Crippen LogP contribution in [0.5, 0.6) is 0 Å². The lowest BCUT2D eigenvalue weighted by Crippen LogP contribution is -2.37. The monoisotopic (exact) mass is 319 g/mol. The average Bonchev–Trinajstić information content (AvgIpc) is 2.47. The van der Waals surface area contributed by atoms with Crippen molar-refractivity contribution in [3.05, 3.63) is 29.3 Å². The Morgan fingerprint density at radius 1 is 1.26 bits per heavy atom. The molecule has 0 aromatic heterocycles. The summed E-state index contributed by atoms with van der Waals surface area (Å²) < 4.78 is 26.6. The number of alkyl halides is 1. The zero-order valence-electron chi connectivity index (χ0n) is 10.9. The topological polar surface area (TPSA) is 37.4 Å². The first-order chi connectivity index (χ1) is 9.09. The second kappa shape index (κ2) is 6.48. The smallest absolute Gasteiger partial charge is 0.207 e. The van der Waals surface area contributed by atoms with E-state index in [2.05, 4.69) is 0 Å². The third-order valence-corrected chi connectivity index (χ3v) is 6.44. The van der Waals surface area contributed by atoms with Crippen LogP contribution in [0.15, 0.2) is 23.1 Å². The molecule has 1 aliphatic rings. The molecule has 0 saturated carbocycles. The van der Waals surface area contributed by atoms with Crippen molar-refractivity contribution < 1.29 is 8.42 Å². The van der Waals surface area contributed by atoms with E-state index >= 15 is 0 Å². The number of hydrogen-bond donors (Lipinski definition) is 0. The van der Waals surface area contributed by atoms with Crippen molar-refractivity contribution in [1.82, 2.24) is 4.31 Å². The fraction of sp³-hybridized carbons (Fsp3) is 0.538. The molecule has 0 radical (unpaired) electrons. The number of thioether (sulfide) groups is 1. The van der Waals surface area contributed by atoms with Gasteiger partial charge in [0.05, 0.1) is 4.90 Å². The van der Waals surface area contributed by atoms with Crippen molar-refractivity contribution in [2.75, 3.05) is 24.6 Å². The second-order valence-corrected chi connectivity index (χ2v) is 7.86. The van der Waals surface area contributed by atoms with Gasteiger partial charge in [-0.05, 0) is 29.7 Å². The maximum atomic E-state index is 12.5. The number of benzene rings is 1. The van der Waals surface area contributed by atoms with Crippen molar-refractivity contribution in [3.8, 4) is 0 Å². The Kier molecular flexibility index (Phi) is 5.17. The predicted octanol–water partition coefficient (Wildman–Crippen LogP) is 2.73. The van der Waals surface area contributed by atoms with Crippen LogP contribution < -0.4 is 0 Å². The molecule has 0 amide bonds. The van der Waals surface area contributed by atoms with E-state index in [0.717, 1.165) is 29.1 Å². The molecule has 1 fully saturated rings. The van der Waals surface area contributed by atoms with E-state index in [1.807, 2.05) is 13.0 Å². The summed E-state index contributed by atoms with van der Waals surface area (Å²) in [5, 5.41) is 0. The van der Waals surface area contributed by atoms with E-state index in [4.69, 9.17) is 11.6 Å². The van der Waals surface area contributed by atoms with Crippen molar-refractivity contribution >= 4 is 33.4 Å². The lowest BCUT2D eigenvalue weighted by molar-refractivity contribution is 0.443. The van der Waals surface area contributed by atoms with E-state index in [9.17, 15) is 8.42 Å². The molecular weight excluding hydrogens is 302 g/mol. The van der Waals surface area contributed by atoms with Gasteiger partial charge in [-0.2, -0.15) is 16.1 Å². The lowest BCUT2D eigenvalue weighted by atomic mass is 10.1. The van der Waals surface area contributed by atoms with Gasteiger partial charge in [0.1, 0.15) is 0 Å². The molecule has 1 saturated heterocycles. The Labute approximate surface area is 124 Å².